The van der Waals surface area contributed by atoms with E-state index in [0.717, 1.165) is 25.9 Å². The molecule has 1 aliphatic heterocycles. The molecule has 1 aromatic rings. The highest BCUT2D eigenvalue weighted by atomic mass is 35.5. The fraction of sp³-hybridized carbons (Fsp3) is 0.500. The molecule has 0 saturated carbocycles. The highest BCUT2D eigenvalue weighted by Crippen LogP contribution is 2.30. The molecule has 0 amide bonds. The number of hydrogen-bond acceptors (Lipinski definition) is 2. The van der Waals surface area contributed by atoms with E-state index >= 15 is 0 Å². The first-order valence-corrected chi connectivity index (χ1v) is 6.65. The van der Waals surface area contributed by atoms with Crippen LogP contribution in [0, 0.1) is 0 Å². The number of halogens is 1. The van der Waals surface area contributed by atoms with E-state index in [4.69, 9.17) is 16.3 Å². The third kappa shape index (κ3) is 3.24. The van der Waals surface area contributed by atoms with Crippen LogP contribution in [0.4, 0.5) is 0 Å². The summed E-state index contributed by atoms with van der Waals surface area (Å²) in [5.41, 5.74) is 0.699. The first-order chi connectivity index (χ1) is 8.68. The lowest BCUT2D eigenvalue weighted by Crippen LogP contribution is -2.15. The third-order valence-electron chi connectivity index (χ3n) is 3.38. The van der Waals surface area contributed by atoms with E-state index in [1.807, 2.05) is 12.1 Å². The zero-order valence-corrected chi connectivity index (χ0v) is 10.9. The molecule has 2 atom stereocenters. The van der Waals surface area contributed by atoms with Crippen molar-refractivity contribution in [1.82, 2.24) is 0 Å². The standard InChI is InChI=1S/C14H17ClO3/c15-13-6-2-1-5-11(13)12(14(16)17)8-7-10-4-3-9-18-10/h1-2,5-6,10,12H,3-4,7-9H2,(H,16,17). The number of rotatable bonds is 5. The van der Waals surface area contributed by atoms with Crippen molar-refractivity contribution >= 4 is 17.6 Å². The highest BCUT2D eigenvalue weighted by Gasteiger charge is 2.24. The Hall–Kier alpha value is -1.06. The Labute approximate surface area is 112 Å². The van der Waals surface area contributed by atoms with Gasteiger partial charge in [0.2, 0.25) is 0 Å². The summed E-state index contributed by atoms with van der Waals surface area (Å²) in [6.07, 6.45) is 3.68. The average Bonchev–Trinajstić information content (AvgIpc) is 2.84. The van der Waals surface area contributed by atoms with E-state index in [1.54, 1.807) is 12.1 Å². The van der Waals surface area contributed by atoms with Crippen molar-refractivity contribution in [1.29, 1.82) is 0 Å². The van der Waals surface area contributed by atoms with Gasteiger partial charge in [-0.2, -0.15) is 0 Å². The van der Waals surface area contributed by atoms with Gasteiger partial charge in [-0.25, -0.2) is 0 Å². The second-order valence-electron chi connectivity index (χ2n) is 4.62. The molecule has 0 bridgehead atoms. The highest BCUT2D eigenvalue weighted by molar-refractivity contribution is 6.31. The van der Waals surface area contributed by atoms with E-state index in [0.29, 0.717) is 17.0 Å². The Kier molecular flexibility index (Phi) is 4.61. The van der Waals surface area contributed by atoms with Crippen LogP contribution in [0.25, 0.3) is 0 Å². The summed E-state index contributed by atoms with van der Waals surface area (Å²) >= 11 is 6.06. The van der Waals surface area contributed by atoms with Crippen molar-refractivity contribution in [2.45, 2.75) is 37.7 Å². The van der Waals surface area contributed by atoms with Crippen LogP contribution in [0.5, 0.6) is 0 Å². The van der Waals surface area contributed by atoms with E-state index < -0.39 is 11.9 Å². The molecule has 1 fully saturated rings. The predicted molar refractivity (Wildman–Crippen MR) is 70.0 cm³/mol. The fourth-order valence-corrected chi connectivity index (χ4v) is 2.66. The molecule has 1 aliphatic rings. The van der Waals surface area contributed by atoms with Crippen LogP contribution in [0.15, 0.2) is 24.3 Å². The summed E-state index contributed by atoms with van der Waals surface area (Å²) in [7, 11) is 0. The summed E-state index contributed by atoms with van der Waals surface area (Å²) in [6, 6.07) is 7.16. The lowest BCUT2D eigenvalue weighted by molar-refractivity contribution is -0.139. The Morgan fingerprint density at radius 2 is 2.28 bits per heavy atom. The van der Waals surface area contributed by atoms with Gasteiger partial charge in [-0.05, 0) is 37.3 Å². The molecule has 98 valence electrons. The molecule has 1 heterocycles. The molecule has 3 nitrogen and oxygen atoms in total. The van der Waals surface area contributed by atoms with Crippen molar-refractivity contribution < 1.29 is 14.6 Å². The minimum Gasteiger partial charge on any atom is -0.481 e. The lowest BCUT2D eigenvalue weighted by Gasteiger charge is -2.16. The quantitative estimate of drug-likeness (QED) is 0.889. The molecular weight excluding hydrogens is 252 g/mol. The molecule has 2 unspecified atom stereocenters. The van der Waals surface area contributed by atoms with E-state index in [2.05, 4.69) is 0 Å². The number of carbonyl (C=O) groups is 1. The molecule has 2 rings (SSSR count). The zero-order chi connectivity index (χ0) is 13.0. The van der Waals surface area contributed by atoms with Crippen LogP contribution in [-0.2, 0) is 9.53 Å². The van der Waals surface area contributed by atoms with Gasteiger partial charge in [-0.1, -0.05) is 29.8 Å². The summed E-state index contributed by atoms with van der Waals surface area (Å²) in [5.74, 6) is -1.36. The van der Waals surface area contributed by atoms with Crippen molar-refractivity contribution in [3.05, 3.63) is 34.9 Å². The van der Waals surface area contributed by atoms with Crippen molar-refractivity contribution in [3.8, 4) is 0 Å². The topological polar surface area (TPSA) is 46.5 Å². The van der Waals surface area contributed by atoms with Gasteiger partial charge in [0.1, 0.15) is 0 Å². The van der Waals surface area contributed by atoms with Gasteiger partial charge in [-0.15, -0.1) is 0 Å². The van der Waals surface area contributed by atoms with Crippen molar-refractivity contribution in [2.75, 3.05) is 6.61 Å². The number of carboxylic acid groups (broad SMARTS) is 1. The maximum atomic E-state index is 11.4. The Morgan fingerprint density at radius 3 is 2.89 bits per heavy atom. The van der Waals surface area contributed by atoms with Gasteiger partial charge < -0.3 is 9.84 Å². The molecule has 0 aliphatic carbocycles. The summed E-state index contributed by atoms with van der Waals surface area (Å²) in [4.78, 5) is 11.4. The average molecular weight is 269 g/mol. The van der Waals surface area contributed by atoms with Crippen molar-refractivity contribution in [2.24, 2.45) is 0 Å². The maximum Gasteiger partial charge on any atom is 0.311 e. The second kappa shape index (κ2) is 6.21. The fourth-order valence-electron chi connectivity index (χ4n) is 2.39. The molecule has 18 heavy (non-hydrogen) atoms. The van der Waals surface area contributed by atoms with Crippen molar-refractivity contribution in [3.63, 3.8) is 0 Å². The van der Waals surface area contributed by atoms with E-state index in [9.17, 15) is 9.90 Å². The number of hydrogen-bond donors (Lipinski definition) is 1. The van der Waals surface area contributed by atoms with Crippen LogP contribution >= 0.6 is 11.6 Å². The lowest BCUT2D eigenvalue weighted by atomic mass is 9.92. The molecule has 4 heteroatoms. The second-order valence-corrected chi connectivity index (χ2v) is 5.03. The molecule has 0 radical (unpaired) electrons. The zero-order valence-electron chi connectivity index (χ0n) is 10.1. The number of carboxylic acids is 1. The van der Waals surface area contributed by atoms with Crippen LogP contribution in [0.3, 0.4) is 0 Å². The number of aliphatic carboxylic acids is 1. The SMILES string of the molecule is O=C(O)C(CCC1CCCO1)c1ccccc1Cl. The first kappa shape index (κ1) is 13.4. The molecule has 0 aromatic heterocycles. The predicted octanol–water partition coefficient (Wildman–Crippen LogP) is 3.47. The Balaban J connectivity index is 2.04. The maximum absolute atomic E-state index is 11.4. The minimum atomic E-state index is -0.818. The van der Waals surface area contributed by atoms with E-state index in [1.165, 1.54) is 0 Å². The van der Waals surface area contributed by atoms with Crippen LogP contribution in [-0.4, -0.2) is 23.8 Å². The third-order valence-corrected chi connectivity index (χ3v) is 3.72. The number of benzene rings is 1. The largest absolute Gasteiger partial charge is 0.481 e. The Bertz CT molecular complexity index is 413. The van der Waals surface area contributed by atoms with Gasteiger partial charge in [0.25, 0.3) is 0 Å². The van der Waals surface area contributed by atoms with Gasteiger partial charge in [0.15, 0.2) is 0 Å². The first-order valence-electron chi connectivity index (χ1n) is 6.27. The van der Waals surface area contributed by atoms with Crippen LogP contribution < -0.4 is 0 Å². The molecule has 0 spiro atoms. The van der Waals surface area contributed by atoms with Gasteiger partial charge in [0.05, 0.1) is 12.0 Å². The van der Waals surface area contributed by atoms with Gasteiger partial charge in [0, 0.05) is 11.6 Å². The molecule has 1 saturated heterocycles. The van der Waals surface area contributed by atoms with Crippen LogP contribution in [0.2, 0.25) is 5.02 Å². The Morgan fingerprint density at radius 1 is 1.50 bits per heavy atom. The smallest absolute Gasteiger partial charge is 0.311 e. The van der Waals surface area contributed by atoms with E-state index in [-0.39, 0.29) is 6.10 Å². The summed E-state index contributed by atoms with van der Waals surface area (Å²) in [6.45, 7) is 0.800. The number of ether oxygens (including phenoxy) is 1. The summed E-state index contributed by atoms with van der Waals surface area (Å²) < 4.78 is 5.52. The van der Waals surface area contributed by atoms with Gasteiger partial charge >= 0.3 is 5.97 Å². The van der Waals surface area contributed by atoms with Crippen LogP contribution in [0.1, 0.15) is 37.2 Å². The minimum absolute atomic E-state index is 0.217. The molecule has 1 N–H and O–H groups in total. The van der Waals surface area contributed by atoms with Gasteiger partial charge in [-0.3, -0.25) is 4.79 Å². The monoisotopic (exact) mass is 268 g/mol. The molecular formula is C14H17ClO3. The molecule has 1 aromatic carbocycles. The normalized spacial score (nSPS) is 20.8. The summed E-state index contributed by atoms with van der Waals surface area (Å²) in [5, 5.41) is 9.85.